The molecule has 3 rings (SSSR count). The second-order valence-corrected chi connectivity index (χ2v) is 3.97. The van der Waals surface area contributed by atoms with Crippen LogP contribution in [0, 0.1) is 0 Å². The van der Waals surface area contributed by atoms with Gasteiger partial charge in [0.25, 0.3) is 0 Å². The largest absolute Gasteiger partial charge is 0.492 e. The number of ether oxygens (including phenoxy) is 1. The van der Waals surface area contributed by atoms with Crippen LogP contribution < -0.4 is 16.0 Å². The molecule has 1 aliphatic rings. The molecule has 0 bridgehead atoms. The van der Waals surface area contributed by atoms with Crippen molar-refractivity contribution in [2.24, 2.45) is 5.84 Å². The summed E-state index contributed by atoms with van der Waals surface area (Å²) in [6.45, 7) is 0.751. The maximum absolute atomic E-state index is 5.67. The Hall–Kier alpha value is -2.07. The van der Waals surface area contributed by atoms with Gasteiger partial charge in [-0.3, -0.25) is 10.8 Å². The number of para-hydroxylation sites is 1. The zero-order valence-corrected chi connectivity index (χ0v) is 9.31. The third kappa shape index (κ3) is 1.72. The minimum absolute atomic E-state index is 0.751. The molecule has 0 saturated heterocycles. The Balaban J connectivity index is 2.12. The first-order chi connectivity index (χ1) is 8.38. The lowest BCUT2D eigenvalue weighted by molar-refractivity contribution is 0.358. The number of hydrogen-bond donors (Lipinski definition) is 2. The summed E-state index contributed by atoms with van der Waals surface area (Å²) in [5.74, 6) is 6.35. The van der Waals surface area contributed by atoms with Crippen molar-refractivity contribution in [2.75, 3.05) is 12.0 Å². The number of nitrogens with zero attached hydrogens (tertiary/aromatic N) is 1. The van der Waals surface area contributed by atoms with E-state index in [2.05, 4.69) is 16.5 Å². The van der Waals surface area contributed by atoms with Crippen LogP contribution in [0.1, 0.15) is 5.56 Å². The van der Waals surface area contributed by atoms with Gasteiger partial charge in [-0.1, -0.05) is 12.1 Å². The highest BCUT2D eigenvalue weighted by atomic mass is 16.5. The van der Waals surface area contributed by atoms with Crippen LogP contribution in [0.25, 0.3) is 11.3 Å². The molecule has 0 fully saturated rings. The molecule has 2 aromatic rings. The van der Waals surface area contributed by atoms with E-state index in [0.717, 1.165) is 35.7 Å². The standard InChI is InChI=1S/C13H13N3O/c14-16-10-4-6-15-12(8-10)11-3-1-2-9-5-7-17-13(9)11/h1-4,6,8H,5,7,14H2,(H,15,16). The van der Waals surface area contributed by atoms with Gasteiger partial charge in [-0.05, 0) is 23.8 Å². The van der Waals surface area contributed by atoms with E-state index in [4.69, 9.17) is 10.6 Å². The fourth-order valence-corrected chi connectivity index (χ4v) is 2.08. The Morgan fingerprint density at radius 2 is 2.24 bits per heavy atom. The summed E-state index contributed by atoms with van der Waals surface area (Å²) >= 11 is 0. The van der Waals surface area contributed by atoms with E-state index in [1.54, 1.807) is 6.20 Å². The third-order valence-electron chi connectivity index (χ3n) is 2.92. The van der Waals surface area contributed by atoms with Crippen LogP contribution in [0.5, 0.6) is 5.75 Å². The third-order valence-corrected chi connectivity index (χ3v) is 2.92. The second kappa shape index (κ2) is 4.07. The number of nitrogens with one attached hydrogen (secondary N) is 1. The maximum atomic E-state index is 5.67. The molecule has 4 nitrogen and oxygen atoms in total. The average Bonchev–Trinajstić information content (AvgIpc) is 2.87. The molecule has 0 aliphatic carbocycles. The van der Waals surface area contributed by atoms with Crippen molar-refractivity contribution in [1.29, 1.82) is 0 Å². The van der Waals surface area contributed by atoms with E-state index in [0.29, 0.717) is 0 Å². The van der Waals surface area contributed by atoms with Gasteiger partial charge in [0.1, 0.15) is 5.75 Å². The number of hydrazine groups is 1. The summed E-state index contributed by atoms with van der Waals surface area (Å²) in [7, 11) is 0. The van der Waals surface area contributed by atoms with Crippen molar-refractivity contribution in [2.45, 2.75) is 6.42 Å². The Bertz CT molecular complexity index is 554. The molecule has 1 aromatic carbocycles. The molecule has 17 heavy (non-hydrogen) atoms. The van der Waals surface area contributed by atoms with Crippen LogP contribution in [-0.2, 0) is 6.42 Å². The topological polar surface area (TPSA) is 60.2 Å². The molecule has 1 aliphatic heterocycles. The van der Waals surface area contributed by atoms with E-state index in [-0.39, 0.29) is 0 Å². The highest BCUT2D eigenvalue weighted by molar-refractivity contribution is 5.72. The average molecular weight is 227 g/mol. The van der Waals surface area contributed by atoms with Crippen LogP contribution in [0.2, 0.25) is 0 Å². The lowest BCUT2D eigenvalue weighted by Gasteiger charge is -2.08. The van der Waals surface area contributed by atoms with E-state index in [9.17, 15) is 0 Å². The first-order valence-electron chi connectivity index (χ1n) is 5.56. The van der Waals surface area contributed by atoms with Crippen molar-refractivity contribution >= 4 is 5.69 Å². The van der Waals surface area contributed by atoms with Crippen molar-refractivity contribution < 1.29 is 4.74 Å². The SMILES string of the molecule is NNc1ccnc(-c2cccc3c2OCC3)c1. The highest BCUT2D eigenvalue weighted by Crippen LogP contribution is 2.36. The smallest absolute Gasteiger partial charge is 0.132 e. The van der Waals surface area contributed by atoms with Crippen molar-refractivity contribution in [1.82, 2.24) is 4.98 Å². The van der Waals surface area contributed by atoms with Crippen LogP contribution >= 0.6 is 0 Å². The quantitative estimate of drug-likeness (QED) is 0.608. The van der Waals surface area contributed by atoms with Gasteiger partial charge in [0.2, 0.25) is 0 Å². The van der Waals surface area contributed by atoms with E-state index >= 15 is 0 Å². The lowest BCUT2D eigenvalue weighted by atomic mass is 10.0. The first kappa shape index (κ1) is 10.1. The van der Waals surface area contributed by atoms with Gasteiger partial charge in [0.05, 0.1) is 18.0 Å². The molecule has 0 atom stereocenters. The van der Waals surface area contributed by atoms with Crippen molar-refractivity contribution in [3.8, 4) is 17.0 Å². The molecule has 0 saturated carbocycles. The van der Waals surface area contributed by atoms with Crippen LogP contribution in [0.3, 0.4) is 0 Å². The second-order valence-electron chi connectivity index (χ2n) is 3.97. The fraction of sp³-hybridized carbons (Fsp3) is 0.154. The number of benzene rings is 1. The van der Waals surface area contributed by atoms with Gasteiger partial charge in [0.15, 0.2) is 0 Å². The Morgan fingerprint density at radius 1 is 1.29 bits per heavy atom. The summed E-state index contributed by atoms with van der Waals surface area (Å²) in [6, 6.07) is 9.89. The zero-order chi connectivity index (χ0) is 11.7. The number of aromatic nitrogens is 1. The van der Waals surface area contributed by atoms with Gasteiger partial charge in [-0.2, -0.15) is 0 Å². The molecule has 0 spiro atoms. The monoisotopic (exact) mass is 227 g/mol. The van der Waals surface area contributed by atoms with Crippen molar-refractivity contribution in [3.63, 3.8) is 0 Å². The molecular weight excluding hydrogens is 214 g/mol. The number of nitrogens with two attached hydrogens (primary N) is 1. The maximum Gasteiger partial charge on any atom is 0.132 e. The van der Waals surface area contributed by atoms with Gasteiger partial charge in [-0.15, -0.1) is 0 Å². The molecule has 1 aromatic heterocycles. The number of fused-ring (bicyclic) bond motifs is 1. The normalized spacial score (nSPS) is 13.0. The molecule has 2 heterocycles. The number of anilines is 1. The van der Waals surface area contributed by atoms with Gasteiger partial charge < -0.3 is 10.2 Å². The van der Waals surface area contributed by atoms with Crippen LogP contribution in [0.15, 0.2) is 36.5 Å². The zero-order valence-electron chi connectivity index (χ0n) is 9.31. The van der Waals surface area contributed by atoms with Crippen molar-refractivity contribution in [3.05, 3.63) is 42.1 Å². The summed E-state index contributed by atoms with van der Waals surface area (Å²) in [5, 5.41) is 0. The molecule has 4 heteroatoms. The van der Waals surface area contributed by atoms with E-state index in [1.165, 1.54) is 5.56 Å². The number of rotatable bonds is 2. The Labute approximate surface area is 99.4 Å². The number of nitrogen functional groups attached to an aromatic ring is 1. The molecule has 86 valence electrons. The fourth-order valence-electron chi connectivity index (χ4n) is 2.08. The summed E-state index contributed by atoms with van der Waals surface area (Å²) in [4.78, 5) is 4.36. The number of hydrogen-bond acceptors (Lipinski definition) is 4. The summed E-state index contributed by atoms with van der Waals surface area (Å²) in [5.41, 5.74) is 6.61. The molecular formula is C13H13N3O. The Kier molecular flexibility index (Phi) is 2.42. The number of pyridine rings is 1. The Morgan fingerprint density at radius 3 is 3.12 bits per heavy atom. The minimum atomic E-state index is 0.751. The summed E-state index contributed by atoms with van der Waals surface area (Å²) in [6.07, 6.45) is 2.71. The molecule has 0 amide bonds. The van der Waals surface area contributed by atoms with Gasteiger partial charge >= 0.3 is 0 Å². The van der Waals surface area contributed by atoms with Gasteiger partial charge in [-0.25, -0.2) is 0 Å². The lowest BCUT2D eigenvalue weighted by Crippen LogP contribution is -2.06. The molecule has 0 radical (unpaired) electrons. The van der Waals surface area contributed by atoms with E-state index < -0.39 is 0 Å². The van der Waals surface area contributed by atoms with Crippen LogP contribution in [0.4, 0.5) is 5.69 Å². The van der Waals surface area contributed by atoms with Crippen LogP contribution in [-0.4, -0.2) is 11.6 Å². The molecule has 0 unspecified atom stereocenters. The minimum Gasteiger partial charge on any atom is -0.492 e. The predicted octanol–water partition coefficient (Wildman–Crippen LogP) is 1.97. The summed E-state index contributed by atoms with van der Waals surface area (Å²) < 4.78 is 5.67. The predicted molar refractivity (Wildman–Crippen MR) is 66.7 cm³/mol. The first-order valence-corrected chi connectivity index (χ1v) is 5.56. The van der Waals surface area contributed by atoms with Gasteiger partial charge in [0, 0.05) is 18.2 Å². The van der Waals surface area contributed by atoms with E-state index in [1.807, 2.05) is 24.3 Å². The highest BCUT2D eigenvalue weighted by Gasteiger charge is 2.17. The molecule has 3 N–H and O–H groups in total.